The highest BCUT2D eigenvalue weighted by Gasteiger charge is 2.21. The van der Waals surface area contributed by atoms with Gasteiger partial charge in [0.05, 0.1) is 0 Å². The molecule has 1 aromatic carbocycles. The number of nitrogens with zero attached hydrogens (tertiary/aromatic N) is 2. The van der Waals surface area contributed by atoms with Gasteiger partial charge in [-0.05, 0) is 37.2 Å². The molecule has 1 aliphatic heterocycles. The molecule has 104 valence electrons. The number of likely N-dealkylation sites (N-methyl/N-ethyl adjacent to an activating group) is 1. The maximum absolute atomic E-state index is 12.4. The second kappa shape index (κ2) is 6.06. The molecule has 1 aliphatic rings. The number of hydrogen-bond donors (Lipinski definition) is 1. The number of aryl methyl sites for hydroxylation is 1. The summed E-state index contributed by atoms with van der Waals surface area (Å²) in [6, 6.07) is 5.86. The molecule has 1 amide bonds. The van der Waals surface area contributed by atoms with Gasteiger partial charge >= 0.3 is 0 Å². The molecular formula is C15H23N3O. The molecule has 4 nitrogen and oxygen atoms in total. The van der Waals surface area contributed by atoms with Crippen molar-refractivity contribution in [1.29, 1.82) is 0 Å². The van der Waals surface area contributed by atoms with Gasteiger partial charge in [0.15, 0.2) is 0 Å². The monoisotopic (exact) mass is 261 g/mol. The van der Waals surface area contributed by atoms with Gasteiger partial charge in [0, 0.05) is 44.5 Å². The highest BCUT2D eigenvalue weighted by Crippen LogP contribution is 2.17. The number of piperazine rings is 1. The van der Waals surface area contributed by atoms with Crippen molar-refractivity contribution < 1.29 is 4.79 Å². The van der Waals surface area contributed by atoms with Crippen molar-refractivity contribution in [3.05, 3.63) is 29.3 Å². The molecule has 1 heterocycles. The van der Waals surface area contributed by atoms with Crippen LogP contribution in [0.4, 0.5) is 5.69 Å². The maximum atomic E-state index is 12.4. The Morgan fingerprint density at radius 2 is 1.95 bits per heavy atom. The van der Waals surface area contributed by atoms with E-state index in [4.69, 9.17) is 0 Å². The van der Waals surface area contributed by atoms with E-state index < -0.39 is 0 Å². The van der Waals surface area contributed by atoms with Crippen LogP contribution in [0.3, 0.4) is 0 Å². The lowest BCUT2D eigenvalue weighted by molar-refractivity contribution is 0.0643. The Hall–Kier alpha value is -1.55. The quantitative estimate of drug-likeness (QED) is 0.901. The molecule has 4 heteroatoms. The van der Waals surface area contributed by atoms with E-state index in [9.17, 15) is 4.79 Å². The van der Waals surface area contributed by atoms with Gasteiger partial charge < -0.3 is 15.1 Å². The predicted molar refractivity (Wildman–Crippen MR) is 78.7 cm³/mol. The SMILES string of the molecule is CCN1CCN(C(=O)c2ccc(NC)c(C)c2)CC1. The van der Waals surface area contributed by atoms with E-state index in [-0.39, 0.29) is 5.91 Å². The average molecular weight is 261 g/mol. The van der Waals surface area contributed by atoms with Crippen LogP contribution in [0.2, 0.25) is 0 Å². The molecule has 0 saturated carbocycles. The van der Waals surface area contributed by atoms with Crippen molar-refractivity contribution in [1.82, 2.24) is 9.80 Å². The van der Waals surface area contributed by atoms with Crippen molar-refractivity contribution in [2.45, 2.75) is 13.8 Å². The largest absolute Gasteiger partial charge is 0.388 e. The fourth-order valence-electron chi connectivity index (χ4n) is 2.53. The molecule has 19 heavy (non-hydrogen) atoms. The zero-order chi connectivity index (χ0) is 13.8. The van der Waals surface area contributed by atoms with Crippen LogP contribution in [-0.4, -0.2) is 55.5 Å². The van der Waals surface area contributed by atoms with Crippen molar-refractivity contribution in [3.63, 3.8) is 0 Å². The number of nitrogens with one attached hydrogen (secondary N) is 1. The summed E-state index contributed by atoms with van der Waals surface area (Å²) in [5.74, 6) is 0.154. The summed E-state index contributed by atoms with van der Waals surface area (Å²) in [5, 5.41) is 3.12. The number of rotatable bonds is 3. The Labute approximate surface area is 115 Å². The zero-order valence-electron chi connectivity index (χ0n) is 12.1. The summed E-state index contributed by atoms with van der Waals surface area (Å²) in [5.41, 5.74) is 2.98. The van der Waals surface area contributed by atoms with E-state index in [0.29, 0.717) is 0 Å². The lowest BCUT2D eigenvalue weighted by Gasteiger charge is -2.34. The van der Waals surface area contributed by atoms with Crippen molar-refractivity contribution >= 4 is 11.6 Å². The first-order valence-corrected chi connectivity index (χ1v) is 6.95. The molecule has 0 bridgehead atoms. The lowest BCUT2D eigenvalue weighted by atomic mass is 10.1. The van der Waals surface area contributed by atoms with Crippen LogP contribution in [0, 0.1) is 6.92 Å². The molecule has 0 radical (unpaired) electrons. The van der Waals surface area contributed by atoms with Crippen molar-refractivity contribution in [2.75, 3.05) is 45.1 Å². The summed E-state index contributed by atoms with van der Waals surface area (Å²) >= 11 is 0. The van der Waals surface area contributed by atoms with Crippen molar-refractivity contribution in [2.24, 2.45) is 0 Å². The highest BCUT2D eigenvalue weighted by molar-refractivity contribution is 5.95. The van der Waals surface area contributed by atoms with E-state index in [1.54, 1.807) is 0 Å². The van der Waals surface area contributed by atoms with Gasteiger partial charge in [0.2, 0.25) is 0 Å². The Balaban J connectivity index is 2.06. The van der Waals surface area contributed by atoms with Gasteiger partial charge in [0.1, 0.15) is 0 Å². The molecule has 0 aliphatic carbocycles. The van der Waals surface area contributed by atoms with E-state index in [2.05, 4.69) is 17.1 Å². The standard InChI is InChI=1S/C15H23N3O/c1-4-17-7-9-18(10-8-17)15(19)13-5-6-14(16-3)12(2)11-13/h5-6,11,16H,4,7-10H2,1-3H3. The fraction of sp³-hybridized carbons (Fsp3) is 0.533. The van der Waals surface area contributed by atoms with Crippen LogP contribution in [0.5, 0.6) is 0 Å². The number of hydrogen-bond acceptors (Lipinski definition) is 3. The number of amides is 1. The number of anilines is 1. The Morgan fingerprint density at radius 3 is 2.47 bits per heavy atom. The van der Waals surface area contributed by atoms with Crippen LogP contribution < -0.4 is 5.32 Å². The minimum atomic E-state index is 0.154. The minimum absolute atomic E-state index is 0.154. The summed E-state index contributed by atoms with van der Waals surface area (Å²) in [7, 11) is 1.90. The van der Waals surface area contributed by atoms with Gasteiger partial charge in [-0.2, -0.15) is 0 Å². The van der Waals surface area contributed by atoms with Crippen molar-refractivity contribution in [3.8, 4) is 0 Å². The van der Waals surface area contributed by atoms with Crippen LogP contribution in [0.1, 0.15) is 22.8 Å². The predicted octanol–water partition coefficient (Wildman–Crippen LogP) is 1.81. The third kappa shape index (κ3) is 3.07. The van der Waals surface area contributed by atoms with E-state index >= 15 is 0 Å². The van der Waals surface area contributed by atoms with Gasteiger partial charge in [-0.3, -0.25) is 4.79 Å². The number of benzene rings is 1. The summed E-state index contributed by atoms with van der Waals surface area (Å²) in [4.78, 5) is 16.8. The third-order valence-corrected chi connectivity index (χ3v) is 3.85. The number of carbonyl (C=O) groups excluding carboxylic acids is 1. The molecular weight excluding hydrogens is 238 g/mol. The maximum Gasteiger partial charge on any atom is 0.253 e. The molecule has 1 N–H and O–H groups in total. The molecule has 0 unspecified atom stereocenters. The van der Waals surface area contributed by atoms with Crippen LogP contribution in [-0.2, 0) is 0 Å². The number of carbonyl (C=O) groups is 1. The summed E-state index contributed by atoms with van der Waals surface area (Å²) in [6.07, 6.45) is 0. The van der Waals surface area contributed by atoms with E-state index in [1.807, 2.05) is 37.1 Å². The van der Waals surface area contributed by atoms with Gasteiger partial charge in [-0.25, -0.2) is 0 Å². The molecule has 0 atom stereocenters. The normalized spacial score (nSPS) is 16.5. The van der Waals surface area contributed by atoms with Crippen LogP contribution in [0.25, 0.3) is 0 Å². The second-order valence-corrected chi connectivity index (χ2v) is 5.01. The average Bonchev–Trinajstić information content (AvgIpc) is 2.46. The zero-order valence-corrected chi connectivity index (χ0v) is 12.1. The molecule has 1 fully saturated rings. The van der Waals surface area contributed by atoms with Gasteiger partial charge in [0.25, 0.3) is 5.91 Å². The highest BCUT2D eigenvalue weighted by atomic mass is 16.2. The summed E-state index contributed by atoms with van der Waals surface area (Å²) < 4.78 is 0. The van der Waals surface area contributed by atoms with Crippen LogP contribution in [0.15, 0.2) is 18.2 Å². The molecule has 0 aromatic heterocycles. The third-order valence-electron chi connectivity index (χ3n) is 3.85. The summed E-state index contributed by atoms with van der Waals surface area (Å²) in [6.45, 7) is 8.89. The van der Waals surface area contributed by atoms with Gasteiger partial charge in [-0.1, -0.05) is 6.92 Å². The Bertz CT molecular complexity index is 451. The fourth-order valence-corrected chi connectivity index (χ4v) is 2.53. The Kier molecular flexibility index (Phi) is 4.43. The molecule has 1 saturated heterocycles. The topological polar surface area (TPSA) is 35.6 Å². The lowest BCUT2D eigenvalue weighted by Crippen LogP contribution is -2.48. The van der Waals surface area contributed by atoms with E-state index in [0.717, 1.165) is 49.5 Å². The van der Waals surface area contributed by atoms with Gasteiger partial charge in [-0.15, -0.1) is 0 Å². The first kappa shape index (κ1) is 13.9. The second-order valence-electron chi connectivity index (χ2n) is 5.01. The first-order valence-electron chi connectivity index (χ1n) is 6.95. The molecule has 0 spiro atoms. The Morgan fingerprint density at radius 1 is 1.26 bits per heavy atom. The first-order chi connectivity index (χ1) is 9.15. The molecule has 2 rings (SSSR count). The minimum Gasteiger partial charge on any atom is -0.388 e. The smallest absolute Gasteiger partial charge is 0.253 e. The van der Waals surface area contributed by atoms with E-state index in [1.165, 1.54) is 0 Å². The molecule has 1 aromatic rings. The van der Waals surface area contributed by atoms with Crippen LogP contribution >= 0.6 is 0 Å².